The number of rotatable bonds is 1. The molecule has 0 amide bonds. The molecule has 3 rings (SSSR count). The van der Waals surface area contributed by atoms with Crippen molar-refractivity contribution in [1.29, 1.82) is 0 Å². The molecule has 0 aromatic carbocycles. The molecule has 1 aliphatic heterocycles. The van der Waals surface area contributed by atoms with Gasteiger partial charge in [0.25, 0.3) is 0 Å². The maximum absolute atomic E-state index is 5.34. The van der Waals surface area contributed by atoms with Gasteiger partial charge in [0.05, 0.1) is 17.6 Å². The summed E-state index contributed by atoms with van der Waals surface area (Å²) in [4.78, 5) is 8.25. The number of ether oxygens (including phenoxy) is 1. The van der Waals surface area contributed by atoms with Crippen molar-refractivity contribution in [2.24, 2.45) is 0 Å². The van der Waals surface area contributed by atoms with E-state index in [4.69, 9.17) is 4.74 Å². The summed E-state index contributed by atoms with van der Waals surface area (Å²) in [5.41, 5.74) is 0.928. The highest BCUT2D eigenvalue weighted by molar-refractivity contribution is 5.72. The van der Waals surface area contributed by atoms with Gasteiger partial charge in [-0.15, -0.1) is 0 Å². The maximum Gasteiger partial charge on any atom is 0.161 e. The molecule has 3 heterocycles. The molecule has 1 fully saturated rings. The van der Waals surface area contributed by atoms with Crippen LogP contribution in [0.5, 0.6) is 0 Å². The van der Waals surface area contributed by atoms with Crippen molar-refractivity contribution >= 4 is 11.0 Å². The minimum absolute atomic E-state index is 0.422. The van der Waals surface area contributed by atoms with Crippen molar-refractivity contribution < 1.29 is 4.74 Å². The van der Waals surface area contributed by atoms with E-state index in [1.807, 2.05) is 10.9 Å². The van der Waals surface area contributed by atoms with Crippen LogP contribution in [0.25, 0.3) is 11.0 Å². The smallest absolute Gasteiger partial charge is 0.161 e. The number of hydrogen-bond acceptors (Lipinski definition) is 4. The predicted molar refractivity (Wildman–Crippen MR) is 54.4 cm³/mol. The van der Waals surface area contributed by atoms with Crippen molar-refractivity contribution in [2.75, 3.05) is 13.2 Å². The van der Waals surface area contributed by atoms with Crippen molar-refractivity contribution in [1.82, 2.24) is 19.7 Å². The first-order chi connectivity index (χ1) is 7.45. The Hall–Kier alpha value is -1.49. The molecular weight excluding hydrogens is 192 g/mol. The first kappa shape index (κ1) is 8.79. The summed E-state index contributed by atoms with van der Waals surface area (Å²) in [6.45, 7) is 1.63. The highest BCUT2D eigenvalue weighted by atomic mass is 16.5. The van der Waals surface area contributed by atoms with Gasteiger partial charge in [-0.3, -0.25) is 0 Å². The molecule has 0 radical (unpaired) electrons. The standard InChI is InChI=1S/C10H12N4O/c1-3-15-4-2-9(1)14-10-8(6-13-14)5-11-7-12-10/h5-7,9H,1-4H2. The summed E-state index contributed by atoms with van der Waals surface area (Å²) in [6.07, 6.45) is 7.22. The first-order valence-electron chi connectivity index (χ1n) is 5.16. The summed E-state index contributed by atoms with van der Waals surface area (Å²) < 4.78 is 7.34. The summed E-state index contributed by atoms with van der Waals surface area (Å²) in [5, 5.41) is 5.38. The second-order valence-corrected chi connectivity index (χ2v) is 3.73. The summed E-state index contributed by atoms with van der Waals surface area (Å²) >= 11 is 0. The Morgan fingerprint density at radius 2 is 2.13 bits per heavy atom. The van der Waals surface area contributed by atoms with Crippen LogP contribution in [0.3, 0.4) is 0 Å². The SMILES string of the molecule is c1ncc2cnn(C3CCOCC3)c2n1. The van der Waals surface area contributed by atoms with E-state index in [-0.39, 0.29) is 0 Å². The molecule has 2 aromatic heterocycles. The summed E-state index contributed by atoms with van der Waals surface area (Å²) in [5.74, 6) is 0. The zero-order valence-electron chi connectivity index (χ0n) is 8.33. The summed E-state index contributed by atoms with van der Waals surface area (Å²) in [6, 6.07) is 0.422. The quantitative estimate of drug-likeness (QED) is 0.699. The van der Waals surface area contributed by atoms with Crippen LogP contribution in [0.15, 0.2) is 18.7 Å². The Morgan fingerprint density at radius 1 is 1.27 bits per heavy atom. The summed E-state index contributed by atoms with van der Waals surface area (Å²) in [7, 11) is 0. The zero-order chi connectivity index (χ0) is 10.1. The Bertz CT molecular complexity index is 461. The fraction of sp³-hybridized carbons (Fsp3) is 0.500. The van der Waals surface area contributed by atoms with Gasteiger partial charge >= 0.3 is 0 Å². The first-order valence-corrected chi connectivity index (χ1v) is 5.16. The Labute approximate surface area is 87.1 Å². The van der Waals surface area contributed by atoms with Gasteiger partial charge in [0.2, 0.25) is 0 Å². The van der Waals surface area contributed by atoms with Crippen LogP contribution in [0.1, 0.15) is 18.9 Å². The molecule has 5 heteroatoms. The van der Waals surface area contributed by atoms with Crippen molar-refractivity contribution in [3.63, 3.8) is 0 Å². The van der Waals surface area contributed by atoms with E-state index < -0.39 is 0 Å². The minimum Gasteiger partial charge on any atom is -0.381 e. The van der Waals surface area contributed by atoms with Crippen LogP contribution in [0.2, 0.25) is 0 Å². The largest absolute Gasteiger partial charge is 0.381 e. The van der Waals surface area contributed by atoms with Crippen LogP contribution in [-0.4, -0.2) is 33.0 Å². The van der Waals surface area contributed by atoms with E-state index in [1.54, 1.807) is 12.5 Å². The second kappa shape index (κ2) is 3.58. The van der Waals surface area contributed by atoms with Gasteiger partial charge < -0.3 is 4.74 Å². The molecule has 0 unspecified atom stereocenters. The third-order valence-electron chi connectivity index (χ3n) is 2.79. The minimum atomic E-state index is 0.422. The maximum atomic E-state index is 5.34. The van der Waals surface area contributed by atoms with Crippen molar-refractivity contribution in [2.45, 2.75) is 18.9 Å². The van der Waals surface area contributed by atoms with Gasteiger partial charge in [-0.2, -0.15) is 5.10 Å². The molecule has 0 spiro atoms. The average molecular weight is 204 g/mol. The van der Waals surface area contributed by atoms with E-state index in [1.165, 1.54) is 0 Å². The number of fused-ring (bicyclic) bond motifs is 1. The third-order valence-corrected chi connectivity index (χ3v) is 2.79. The van der Waals surface area contributed by atoms with E-state index in [2.05, 4.69) is 15.1 Å². The van der Waals surface area contributed by atoms with Crippen LogP contribution < -0.4 is 0 Å². The molecule has 0 atom stereocenters. The Kier molecular flexibility index (Phi) is 2.10. The molecule has 1 saturated heterocycles. The molecule has 78 valence electrons. The lowest BCUT2D eigenvalue weighted by atomic mass is 10.1. The molecular formula is C10H12N4O. The lowest BCUT2D eigenvalue weighted by Crippen LogP contribution is -2.20. The average Bonchev–Trinajstić information content (AvgIpc) is 2.74. The highest BCUT2D eigenvalue weighted by Crippen LogP contribution is 2.23. The fourth-order valence-corrected chi connectivity index (χ4v) is 1.99. The third kappa shape index (κ3) is 1.48. The van der Waals surface area contributed by atoms with Gasteiger partial charge in [-0.1, -0.05) is 0 Å². The van der Waals surface area contributed by atoms with Crippen LogP contribution in [0, 0.1) is 0 Å². The fourth-order valence-electron chi connectivity index (χ4n) is 1.99. The number of aromatic nitrogens is 4. The molecule has 0 bridgehead atoms. The van der Waals surface area contributed by atoms with Gasteiger partial charge in [0, 0.05) is 19.4 Å². The van der Waals surface area contributed by atoms with E-state index in [0.29, 0.717) is 6.04 Å². The van der Waals surface area contributed by atoms with E-state index >= 15 is 0 Å². The van der Waals surface area contributed by atoms with Crippen LogP contribution in [-0.2, 0) is 4.74 Å². The topological polar surface area (TPSA) is 52.8 Å². The normalized spacial score (nSPS) is 18.4. The lowest BCUT2D eigenvalue weighted by Gasteiger charge is -2.22. The van der Waals surface area contributed by atoms with Crippen molar-refractivity contribution in [3.8, 4) is 0 Å². The number of hydrogen-bond donors (Lipinski definition) is 0. The second-order valence-electron chi connectivity index (χ2n) is 3.73. The molecule has 0 aliphatic carbocycles. The van der Waals surface area contributed by atoms with Crippen LogP contribution >= 0.6 is 0 Å². The highest BCUT2D eigenvalue weighted by Gasteiger charge is 2.18. The van der Waals surface area contributed by atoms with E-state index in [9.17, 15) is 0 Å². The van der Waals surface area contributed by atoms with Gasteiger partial charge in [-0.05, 0) is 12.8 Å². The lowest BCUT2D eigenvalue weighted by molar-refractivity contribution is 0.0673. The van der Waals surface area contributed by atoms with Gasteiger partial charge in [0.1, 0.15) is 6.33 Å². The molecule has 5 nitrogen and oxygen atoms in total. The zero-order valence-corrected chi connectivity index (χ0v) is 8.33. The van der Waals surface area contributed by atoms with Gasteiger partial charge in [-0.25, -0.2) is 14.6 Å². The Balaban J connectivity index is 2.02. The molecule has 1 aliphatic rings. The predicted octanol–water partition coefficient (Wildman–Crippen LogP) is 1.18. The van der Waals surface area contributed by atoms with Gasteiger partial charge in [0.15, 0.2) is 5.65 Å². The molecule has 0 N–H and O–H groups in total. The molecule has 0 saturated carbocycles. The molecule has 15 heavy (non-hydrogen) atoms. The number of nitrogens with zero attached hydrogens (tertiary/aromatic N) is 4. The van der Waals surface area contributed by atoms with Crippen molar-refractivity contribution in [3.05, 3.63) is 18.7 Å². The van der Waals surface area contributed by atoms with Crippen LogP contribution in [0.4, 0.5) is 0 Å². The van der Waals surface area contributed by atoms with E-state index in [0.717, 1.165) is 37.1 Å². The monoisotopic (exact) mass is 204 g/mol. The molecule has 2 aromatic rings. The Morgan fingerprint density at radius 3 is 3.00 bits per heavy atom.